The highest BCUT2D eigenvalue weighted by Crippen LogP contribution is 2.33. The lowest BCUT2D eigenvalue weighted by atomic mass is 10.1. The first-order chi connectivity index (χ1) is 10.3. The van der Waals surface area contributed by atoms with E-state index >= 15 is 0 Å². The van der Waals surface area contributed by atoms with Crippen molar-refractivity contribution in [2.75, 3.05) is 11.4 Å². The lowest BCUT2D eigenvalue weighted by molar-refractivity contribution is 0.687. The maximum atomic E-state index is 6.46. The highest BCUT2D eigenvalue weighted by Gasteiger charge is 2.22. The van der Waals surface area contributed by atoms with Gasteiger partial charge in [-0.1, -0.05) is 35.9 Å². The number of benzene rings is 2. The van der Waals surface area contributed by atoms with Gasteiger partial charge in [0.25, 0.3) is 0 Å². The molecule has 0 heterocycles. The van der Waals surface area contributed by atoms with Crippen molar-refractivity contribution >= 4 is 23.0 Å². The number of halogens is 1. The normalized spacial score (nSPS) is 14.2. The van der Waals surface area contributed by atoms with Crippen molar-refractivity contribution in [3.05, 3.63) is 59.1 Å². The van der Waals surface area contributed by atoms with Gasteiger partial charge in [0.15, 0.2) is 0 Å². The number of rotatable bonds is 6. The Bertz CT molecular complexity index is 593. The van der Waals surface area contributed by atoms with E-state index in [1.807, 2.05) is 18.2 Å². The Labute approximate surface area is 131 Å². The van der Waals surface area contributed by atoms with Gasteiger partial charge in [0.2, 0.25) is 0 Å². The smallest absolute Gasteiger partial charge is 0.0471 e. The lowest BCUT2D eigenvalue weighted by Gasteiger charge is -2.26. The largest absolute Gasteiger partial charge is 0.341 e. The average molecular weight is 301 g/mol. The molecule has 2 nitrogen and oxygen atoms in total. The molecule has 0 atom stereocenters. The highest BCUT2D eigenvalue weighted by molar-refractivity contribution is 6.31. The third-order valence-electron chi connectivity index (χ3n) is 3.91. The zero-order valence-electron chi connectivity index (χ0n) is 12.3. The molecule has 3 heteroatoms. The summed E-state index contributed by atoms with van der Waals surface area (Å²) in [6.07, 6.45) is 2.58. The first-order valence-corrected chi connectivity index (χ1v) is 8.00. The molecule has 0 aliphatic heterocycles. The fraction of sp³-hybridized carbons (Fsp3) is 0.333. The monoisotopic (exact) mass is 300 g/mol. The van der Waals surface area contributed by atoms with Gasteiger partial charge < -0.3 is 10.2 Å². The number of nitrogens with one attached hydrogen (secondary N) is 1. The summed E-state index contributed by atoms with van der Waals surface area (Å²) in [7, 11) is 0. The van der Waals surface area contributed by atoms with Gasteiger partial charge in [0.1, 0.15) is 0 Å². The third kappa shape index (κ3) is 3.39. The van der Waals surface area contributed by atoms with E-state index in [4.69, 9.17) is 11.6 Å². The topological polar surface area (TPSA) is 15.3 Å². The first-order valence-electron chi connectivity index (χ1n) is 7.63. The molecular weight excluding hydrogens is 280 g/mol. The second-order valence-electron chi connectivity index (χ2n) is 5.47. The molecule has 0 radical (unpaired) electrons. The second-order valence-corrected chi connectivity index (χ2v) is 5.88. The van der Waals surface area contributed by atoms with Crippen LogP contribution in [-0.4, -0.2) is 12.6 Å². The van der Waals surface area contributed by atoms with Gasteiger partial charge in [0, 0.05) is 41.1 Å². The Morgan fingerprint density at radius 2 is 1.86 bits per heavy atom. The number of para-hydroxylation sites is 1. The molecule has 1 saturated carbocycles. The Morgan fingerprint density at radius 1 is 1.10 bits per heavy atom. The fourth-order valence-electron chi connectivity index (χ4n) is 2.61. The fourth-order valence-corrected chi connectivity index (χ4v) is 2.85. The summed E-state index contributed by atoms with van der Waals surface area (Å²) in [6.45, 7) is 3.93. The SMILES string of the molecule is CCN(c1ccccc1)c1cccc(Cl)c1CNC1CC1. The summed E-state index contributed by atoms with van der Waals surface area (Å²) in [5, 5.41) is 4.42. The van der Waals surface area contributed by atoms with Gasteiger partial charge in [-0.15, -0.1) is 0 Å². The number of nitrogens with zero attached hydrogens (tertiary/aromatic N) is 1. The lowest BCUT2D eigenvalue weighted by Crippen LogP contribution is -2.21. The maximum absolute atomic E-state index is 6.46. The van der Waals surface area contributed by atoms with E-state index in [0.29, 0.717) is 6.04 Å². The summed E-state index contributed by atoms with van der Waals surface area (Å²) in [5.41, 5.74) is 3.59. The molecule has 0 unspecified atom stereocenters. The zero-order chi connectivity index (χ0) is 14.7. The minimum Gasteiger partial charge on any atom is -0.341 e. The minimum absolute atomic E-state index is 0.681. The molecule has 3 rings (SSSR count). The van der Waals surface area contributed by atoms with Crippen molar-refractivity contribution in [2.24, 2.45) is 0 Å². The zero-order valence-corrected chi connectivity index (χ0v) is 13.1. The van der Waals surface area contributed by atoms with Crippen molar-refractivity contribution < 1.29 is 0 Å². The molecule has 110 valence electrons. The van der Waals surface area contributed by atoms with Crippen LogP contribution in [0, 0.1) is 0 Å². The quantitative estimate of drug-likeness (QED) is 0.828. The summed E-state index contributed by atoms with van der Waals surface area (Å²) in [6, 6.07) is 17.3. The van der Waals surface area contributed by atoms with Crippen molar-refractivity contribution in [1.29, 1.82) is 0 Å². The van der Waals surface area contributed by atoms with Crippen LogP contribution in [0.2, 0.25) is 5.02 Å². The van der Waals surface area contributed by atoms with Gasteiger partial charge in [-0.05, 0) is 44.0 Å². The third-order valence-corrected chi connectivity index (χ3v) is 4.27. The Kier molecular flexibility index (Phi) is 4.47. The summed E-state index contributed by atoms with van der Waals surface area (Å²) in [5.74, 6) is 0. The van der Waals surface area contributed by atoms with Crippen LogP contribution in [0.25, 0.3) is 0 Å². The maximum Gasteiger partial charge on any atom is 0.0471 e. The van der Waals surface area contributed by atoms with Crippen LogP contribution in [-0.2, 0) is 6.54 Å². The molecule has 1 aliphatic carbocycles. The Morgan fingerprint density at radius 3 is 2.52 bits per heavy atom. The number of anilines is 2. The molecule has 21 heavy (non-hydrogen) atoms. The van der Waals surface area contributed by atoms with Gasteiger partial charge in [0.05, 0.1) is 0 Å². The minimum atomic E-state index is 0.681. The van der Waals surface area contributed by atoms with Gasteiger partial charge in [-0.25, -0.2) is 0 Å². The molecule has 1 fully saturated rings. The molecule has 0 bridgehead atoms. The molecular formula is C18H21ClN2. The molecule has 0 saturated heterocycles. The van der Waals surface area contributed by atoms with Crippen LogP contribution in [0.4, 0.5) is 11.4 Å². The van der Waals surface area contributed by atoms with Gasteiger partial charge in [-0.2, -0.15) is 0 Å². The van der Waals surface area contributed by atoms with Crippen LogP contribution < -0.4 is 10.2 Å². The summed E-state index contributed by atoms with van der Waals surface area (Å²) in [4.78, 5) is 2.32. The van der Waals surface area contributed by atoms with Crippen molar-refractivity contribution in [1.82, 2.24) is 5.32 Å². The van der Waals surface area contributed by atoms with E-state index in [-0.39, 0.29) is 0 Å². The molecule has 0 spiro atoms. The van der Waals surface area contributed by atoms with Crippen LogP contribution in [0.15, 0.2) is 48.5 Å². The van der Waals surface area contributed by atoms with E-state index in [0.717, 1.165) is 18.1 Å². The molecule has 2 aromatic carbocycles. The van der Waals surface area contributed by atoms with Crippen LogP contribution in [0.3, 0.4) is 0 Å². The van der Waals surface area contributed by atoms with Crippen molar-refractivity contribution in [2.45, 2.75) is 32.4 Å². The van der Waals surface area contributed by atoms with E-state index in [9.17, 15) is 0 Å². The molecule has 1 aliphatic rings. The van der Waals surface area contributed by atoms with Crippen molar-refractivity contribution in [3.63, 3.8) is 0 Å². The summed E-state index contributed by atoms with van der Waals surface area (Å²) >= 11 is 6.46. The van der Waals surface area contributed by atoms with E-state index in [1.165, 1.54) is 29.8 Å². The highest BCUT2D eigenvalue weighted by atomic mass is 35.5. The molecule has 0 amide bonds. The van der Waals surface area contributed by atoms with Crippen LogP contribution in [0.5, 0.6) is 0 Å². The number of hydrogen-bond donors (Lipinski definition) is 1. The second kappa shape index (κ2) is 6.50. The molecule has 0 aromatic heterocycles. The predicted octanol–water partition coefficient (Wildman–Crippen LogP) is 4.75. The standard InChI is InChI=1S/C18H21ClN2/c1-2-21(15-7-4-3-5-8-15)18-10-6-9-17(19)16(18)13-20-14-11-12-14/h3-10,14,20H,2,11-13H2,1H3. The summed E-state index contributed by atoms with van der Waals surface area (Å²) < 4.78 is 0. The van der Waals surface area contributed by atoms with Gasteiger partial charge in [-0.3, -0.25) is 0 Å². The molecule has 2 aromatic rings. The Balaban J connectivity index is 1.93. The average Bonchev–Trinajstić information content (AvgIpc) is 3.33. The van der Waals surface area contributed by atoms with Gasteiger partial charge >= 0.3 is 0 Å². The molecule has 1 N–H and O–H groups in total. The predicted molar refractivity (Wildman–Crippen MR) is 90.4 cm³/mol. The first kappa shape index (κ1) is 14.4. The van der Waals surface area contributed by atoms with Crippen molar-refractivity contribution in [3.8, 4) is 0 Å². The van der Waals surface area contributed by atoms with E-state index in [2.05, 4.69) is 47.5 Å². The van der Waals surface area contributed by atoms with Crippen LogP contribution >= 0.6 is 11.6 Å². The Hall–Kier alpha value is -1.51. The number of hydrogen-bond acceptors (Lipinski definition) is 2. The van der Waals surface area contributed by atoms with E-state index in [1.54, 1.807) is 0 Å². The van der Waals surface area contributed by atoms with E-state index < -0.39 is 0 Å². The van der Waals surface area contributed by atoms with Crippen LogP contribution in [0.1, 0.15) is 25.3 Å².